The maximum atomic E-state index is 13.9. The SMILES string of the molecule is CCCCC1CCc2cc3c(F)c(F)c(F)cc3cc2C1. The Morgan fingerprint density at radius 2 is 1.86 bits per heavy atom. The van der Waals surface area contributed by atoms with Crippen molar-refractivity contribution in [2.75, 3.05) is 0 Å². The van der Waals surface area contributed by atoms with Crippen LogP contribution in [0.3, 0.4) is 0 Å². The normalized spacial score (nSPS) is 18.0. The van der Waals surface area contributed by atoms with Crippen molar-refractivity contribution < 1.29 is 13.2 Å². The van der Waals surface area contributed by atoms with Gasteiger partial charge in [-0.1, -0.05) is 32.3 Å². The lowest BCUT2D eigenvalue weighted by molar-refractivity contribution is 0.413. The minimum Gasteiger partial charge on any atom is -0.204 e. The molecule has 0 radical (unpaired) electrons. The third-order valence-electron chi connectivity index (χ3n) is 4.59. The standard InChI is InChI=1S/C18H19F3/c1-2-3-4-11-5-6-12-9-15-14(8-13(12)7-11)10-16(19)18(21)17(15)20/h8-11H,2-7H2,1H3. The maximum absolute atomic E-state index is 13.9. The van der Waals surface area contributed by atoms with E-state index in [-0.39, 0.29) is 5.39 Å². The van der Waals surface area contributed by atoms with Gasteiger partial charge in [-0.3, -0.25) is 0 Å². The molecule has 3 rings (SSSR count). The molecule has 3 heteroatoms. The van der Waals surface area contributed by atoms with E-state index < -0.39 is 17.5 Å². The van der Waals surface area contributed by atoms with E-state index in [1.165, 1.54) is 24.8 Å². The lowest BCUT2D eigenvalue weighted by atomic mass is 9.80. The number of fused-ring (bicyclic) bond motifs is 2. The highest BCUT2D eigenvalue weighted by Crippen LogP contribution is 2.33. The Kier molecular flexibility index (Phi) is 3.92. The highest BCUT2D eigenvalue weighted by Gasteiger charge is 2.21. The van der Waals surface area contributed by atoms with Crippen molar-refractivity contribution >= 4 is 10.8 Å². The average Bonchev–Trinajstić information content (AvgIpc) is 2.49. The van der Waals surface area contributed by atoms with E-state index in [0.29, 0.717) is 11.3 Å². The molecule has 0 N–H and O–H groups in total. The molecule has 112 valence electrons. The van der Waals surface area contributed by atoms with Crippen LogP contribution in [0, 0.1) is 23.4 Å². The zero-order valence-corrected chi connectivity index (χ0v) is 12.2. The number of hydrogen-bond donors (Lipinski definition) is 0. The molecule has 2 aromatic rings. The summed E-state index contributed by atoms with van der Waals surface area (Å²) < 4.78 is 40.6. The number of halogens is 3. The van der Waals surface area contributed by atoms with Crippen LogP contribution in [0.15, 0.2) is 18.2 Å². The van der Waals surface area contributed by atoms with Gasteiger partial charge in [0.05, 0.1) is 0 Å². The molecule has 1 aliphatic rings. The largest absolute Gasteiger partial charge is 0.204 e. The van der Waals surface area contributed by atoms with E-state index in [2.05, 4.69) is 6.92 Å². The lowest BCUT2D eigenvalue weighted by Gasteiger charge is -2.25. The van der Waals surface area contributed by atoms with Crippen LogP contribution < -0.4 is 0 Å². The quantitative estimate of drug-likeness (QED) is 0.650. The Hall–Kier alpha value is -1.51. The molecule has 0 aromatic heterocycles. The summed E-state index contributed by atoms with van der Waals surface area (Å²) in [5, 5.41) is 0.654. The smallest absolute Gasteiger partial charge is 0.195 e. The van der Waals surface area contributed by atoms with Gasteiger partial charge in [0.25, 0.3) is 0 Å². The second kappa shape index (κ2) is 5.70. The third-order valence-corrected chi connectivity index (χ3v) is 4.59. The number of hydrogen-bond acceptors (Lipinski definition) is 0. The summed E-state index contributed by atoms with van der Waals surface area (Å²) in [4.78, 5) is 0. The Morgan fingerprint density at radius 3 is 2.62 bits per heavy atom. The van der Waals surface area contributed by atoms with Gasteiger partial charge in [0.15, 0.2) is 17.5 Å². The Labute approximate surface area is 123 Å². The van der Waals surface area contributed by atoms with E-state index in [4.69, 9.17) is 0 Å². The Morgan fingerprint density at radius 1 is 1.05 bits per heavy atom. The average molecular weight is 292 g/mol. The van der Waals surface area contributed by atoms with Crippen molar-refractivity contribution in [3.8, 4) is 0 Å². The number of benzene rings is 2. The minimum atomic E-state index is -1.38. The van der Waals surface area contributed by atoms with E-state index >= 15 is 0 Å². The Bertz CT molecular complexity index is 676. The maximum Gasteiger partial charge on any atom is 0.195 e. The molecule has 2 aromatic carbocycles. The van der Waals surface area contributed by atoms with Gasteiger partial charge in [-0.05, 0) is 53.8 Å². The monoisotopic (exact) mass is 292 g/mol. The summed E-state index contributed by atoms with van der Waals surface area (Å²) in [6, 6.07) is 4.65. The van der Waals surface area contributed by atoms with Gasteiger partial charge in [-0.2, -0.15) is 0 Å². The van der Waals surface area contributed by atoms with Crippen LogP contribution >= 0.6 is 0 Å². The molecule has 0 spiro atoms. The summed E-state index contributed by atoms with van der Waals surface area (Å²) in [5.74, 6) is -2.90. The van der Waals surface area contributed by atoms with Crippen molar-refractivity contribution in [3.63, 3.8) is 0 Å². The van der Waals surface area contributed by atoms with Crippen molar-refractivity contribution in [2.45, 2.75) is 45.4 Å². The first kappa shape index (κ1) is 14.4. The van der Waals surface area contributed by atoms with E-state index in [0.717, 1.165) is 30.9 Å². The molecule has 0 nitrogen and oxygen atoms in total. The minimum absolute atomic E-state index is 0.194. The predicted molar refractivity (Wildman–Crippen MR) is 78.9 cm³/mol. The van der Waals surface area contributed by atoms with Gasteiger partial charge < -0.3 is 0 Å². The number of unbranched alkanes of at least 4 members (excludes halogenated alkanes) is 1. The van der Waals surface area contributed by atoms with Gasteiger partial charge in [-0.15, -0.1) is 0 Å². The van der Waals surface area contributed by atoms with Crippen LogP contribution in [0.25, 0.3) is 10.8 Å². The molecule has 1 unspecified atom stereocenters. The van der Waals surface area contributed by atoms with E-state index in [1.54, 1.807) is 6.07 Å². The lowest BCUT2D eigenvalue weighted by Crippen LogP contribution is -2.14. The van der Waals surface area contributed by atoms with Crippen LogP contribution in [0.2, 0.25) is 0 Å². The third kappa shape index (κ3) is 2.66. The predicted octanol–water partition coefficient (Wildman–Crippen LogP) is 5.55. The van der Waals surface area contributed by atoms with Gasteiger partial charge >= 0.3 is 0 Å². The van der Waals surface area contributed by atoms with Crippen LogP contribution in [0.5, 0.6) is 0 Å². The summed E-state index contributed by atoms with van der Waals surface area (Å²) in [7, 11) is 0. The molecule has 21 heavy (non-hydrogen) atoms. The van der Waals surface area contributed by atoms with Crippen molar-refractivity contribution in [1.29, 1.82) is 0 Å². The van der Waals surface area contributed by atoms with Crippen LogP contribution in [0.1, 0.15) is 43.7 Å². The number of aryl methyl sites for hydroxylation is 1. The molecule has 0 saturated carbocycles. The van der Waals surface area contributed by atoms with Crippen molar-refractivity contribution in [2.24, 2.45) is 5.92 Å². The first-order valence-electron chi connectivity index (χ1n) is 7.69. The molecular weight excluding hydrogens is 273 g/mol. The van der Waals surface area contributed by atoms with E-state index in [9.17, 15) is 13.2 Å². The van der Waals surface area contributed by atoms with Gasteiger partial charge in [0.2, 0.25) is 0 Å². The fourth-order valence-electron chi connectivity index (χ4n) is 3.38. The summed E-state index contributed by atoms with van der Waals surface area (Å²) in [6.07, 6.45) is 6.59. The molecule has 0 amide bonds. The van der Waals surface area contributed by atoms with E-state index in [1.807, 2.05) is 6.07 Å². The highest BCUT2D eigenvalue weighted by atomic mass is 19.2. The summed E-state index contributed by atoms with van der Waals surface area (Å²) in [6.45, 7) is 2.18. The fourth-order valence-corrected chi connectivity index (χ4v) is 3.38. The van der Waals surface area contributed by atoms with Crippen LogP contribution in [0.4, 0.5) is 13.2 Å². The van der Waals surface area contributed by atoms with Crippen LogP contribution in [-0.2, 0) is 12.8 Å². The first-order chi connectivity index (χ1) is 10.1. The van der Waals surface area contributed by atoms with Crippen molar-refractivity contribution in [3.05, 3.63) is 46.8 Å². The highest BCUT2D eigenvalue weighted by molar-refractivity contribution is 5.85. The molecule has 1 atom stereocenters. The molecule has 0 heterocycles. The van der Waals surface area contributed by atoms with Gasteiger partial charge in [0, 0.05) is 5.39 Å². The molecule has 0 aliphatic heterocycles. The zero-order valence-electron chi connectivity index (χ0n) is 12.2. The summed E-state index contributed by atoms with van der Waals surface area (Å²) >= 11 is 0. The van der Waals surface area contributed by atoms with Gasteiger partial charge in [-0.25, -0.2) is 13.2 Å². The molecule has 0 fully saturated rings. The molecular formula is C18H19F3. The molecule has 0 bridgehead atoms. The van der Waals surface area contributed by atoms with Gasteiger partial charge in [0.1, 0.15) is 0 Å². The molecule has 1 aliphatic carbocycles. The summed E-state index contributed by atoms with van der Waals surface area (Å²) in [5.41, 5.74) is 2.25. The second-order valence-electron chi connectivity index (χ2n) is 6.08. The first-order valence-corrected chi connectivity index (χ1v) is 7.69. The van der Waals surface area contributed by atoms with Crippen LogP contribution in [-0.4, -0.2) is 0 Å². The number of rotatable bonds is 3. The topological polar surface area (TPSA) is 0 Å². The zero-order chi connectivity index (χ0) is 15.0. The second-order valence-corrected chi connectivity index (χ2v) is 6.08. The molecule has 0 saturated heterocycles. The Balaban J connectivity index is 2.00. The van der Waals surface area contributed by atoms with Crippen molar-refractivity contribution in [1.82, 2.24) is 0 Å². The fraction of sp³-hybridized carbons (Fsp3) is 0.444.